The molecule has 1 heterocycles. The molecule has 0 radical (unpaired) electrons. The van der Waals surface area contributed by atoms with E-state index in [2.05, 4.69) is 22.8 Å². The molecule has 2 aromatic rings. The van der Waals surface area contributed by atoms with Crippen molar-refractivity contribution < 1.29 is 4.79 Å². The fraction of sp³-hybridized carbons (Fsp3) is 0.300. The van der Waals surface area contributed by atoms with Gasteiger partial charge < -0.3 is 10.7 Å². The first-order valence-corrected chi connectivity index (χ1v) is 9.46. The number of rotatable bonds is 6. The zero-order valence-electron chi connectivity index (χ0n) is 14.6. The van der Waals surface area contributed by atoms with Gasteiger partial charge in [0.05, 0.1) is 16.6 Å². The van der Waals surface area contributed by atoms with E-state index in [9.17, 15) is 4.79 Å². The van der Waals surface area contributed by atoms with Crippen molar-refractivity contribution in [3.05, 3.63) is 69.2 Å². The maximum atomic E-state index is 12.6. The number of halogens is 2. The Morgan fingerprint density at radius 1 is 1.23 bits per heavy atom. The highest BCUT2D eigenvalue weighted by atomic mass is 35.5. The summed E-state index contributed by atoms with van der Waals surface area (Å²) >= 11 is 12.4. The number of hydrazone groups is 1. The number of carbonyl (C=O) groups is 1. The molecule has 0 aliphatic carbocycles. The van der Waals surface area contributed by atoms with Gasteiger partial charge in [-0.25, -0.2) is 0 Å². The number of nitrogens with one attached hydrogen (secondary N) is 2. The van der Waals surface area contributed by atoms with Gasteiger partial charge in [-0.2, -0.15) is 5.10 Å². The van der Waals surface area contributed by atoms with E-state index in [1.54, 1.807) is 6.07 Å². The maximum absolute atomic E-state index is 12.6. The monoisotopic (exact) mass is 389 g/mol. The molecule has 1 aliphatic rings. The average Bonchev–Trinajstić information content (AvgIpc) is 3.13. The second kappa shape index (κ2) is 8.56. The van der Waals surface area contributed by atoms with Crippen LogP contribution in [0.4, 0.5) is 0 Å². The fourth-order valence-corrected chi connectivity index (χ4v) is 3.39. The topological polar surface area (TPSA) is 53.5 Å². The van der Waals surface area contributed by atoms with Crippen LogP contribution in [0.15, 0.2) is 47.6 Å². The van der Waals surface area contributed by atoms with Crippen molar-refractivity contribution in [2.24, 2.45) is 5.10 Å². The van der Waals surface area contributed by atoms with Crippen molar-refractivity contribution in [3.8, 4) is 0 Å². The van der Waals surface area contributed by atoms with Gasteiger partial charge in [-0.05, 0) is 42.2 Å². The number of benzene rings is 2. The van der Waals surface area contributed by atoms with Gasteiger partial charge in [0.1, 0.15) is 0 Å². The Labute approximate surface area is 163 Å². The Kier molecular flexibility index (Phi) is 6.17. The predicted octanol–water partition coefficient (Wildman–Crippen LogP) is 4.77. The molecule has 4 nitrogen and oxygen atoms in total. The molecule has 3 rings (SSSR count). The van der Waals surface area contributed by atoms with Gasteiger partial charge in [-0.15, -0.1) is 0 Å². The lowest BCUT2D eigenvalue weighted by molar-refractivity contribution is 0.0954. The molecular weight excluding hydrogens is 369 g/mol. The zero-order chi connectivity index (χ0) is 18.5. The number of carbonyl (C=O) groups excluding carboxylic acids is 1. The third kappa shape index (κ3) is 4.37. The summed E-state index contributed by atoms with van der Waals surface area (Å²) < 4.78 is 0. The molecule has 1 aliphatic heterocycles. The molecule has 0 saturated heterocycles. The van der Waals surface area contributed by atoms with E-state index >= 15 is 0 Å². The second-order valence-corrected chi connectivity index (χ2v) is 7.07. The van der Waals surface area contributed by atoms with Crippen molar-refractivity contribution in [1.82, 2.24) is 10.7 Å². The highest BCUT2D eigenvalue weighted by Crippen LogP contribution is 2.26. The van der Waals surface area contributed by atoms with Crippen LogP contribution in [0.5, 0.6) is 0 Å². The molecule has 1 amide bonds. The third-order valence-corrected chi connectivity index (χ3v) is 5.20. The molecule has 0 fully saturated rings. The highest BCUT2D eigenvalue weighted by Gasteiger charge is 2.21. The van der Waals surface area contributed by atoms with E-state index in [1.165, 1.54) is 0 Å². The summed E-state index contributed by atoms with van der Waals surface area (Å²) in [5.41, 5.74) is 6.77. The van der Waals surface area contributed by atoms with E-state index in [1.807, 2.05) is 36.4 Å². The quantitative estimate of drug-likeness (QED) is 0.747. The van der Waals surface area contributed by atoms with Gasteiger partial charge in [-0.3, -0.25) is 4.79 Å². The van der Waals surface area contributed by atoms with Gasteiger partial charge in [0.2, 0.25) is 0 Å². The van der Waals surface area contributed by atoms with Gasteiger partial charge in [0.15, 0.2) is 0 Å². The molecule has 2 aromatic carbocycles. The van der Waals surface area contributed by atoms with Crippen molar-refractivity contribution in [3.63, 3.8) is 0 Å². The van der Waals surface area contributed by atoms with Gasteiger partial charge in [0.25, 0.3) is 5.91 Å². The fourth-order valence-electron chi connectivity index (χ4n) is 2.95. The van der Waals surface area contributed by atoms with Crippen LogP contribution in [0.1, 0.15) is 47.3 Å². The van der Waals surface area contributed by atoms with Crippen LogP contribution in [-0.4, -0.2) is 18.2 Å². The van der Waals surface area contributed by atoms with Crippen LogP contribution in [0.3, 0.4) is 0 Å². The minimum absolute atomic E-state index is 0.0943. The van der Waals surface area contributed by atoms with Crippen molar-refractivity contribution in [2.45, 2.75) is 32.2 Å². The van der Waals surface area contributed by atoms with Crippen molar-refractivity contribution in [1.29, 1.82) is 0 Å². The predicted molar refractivity (Wildman–Crippen MR) is 107 cm³/mol. The standard InChI is InChI=1S/C20H21Cl2N3O/c1-2-15-12-19(25-24-15)14-7-8-18(22)16(11-14)20(26)23-10-9-13-5-3-4-6-17(13)21/h3-8,11,19,25H,2,9-10,12H2,1H3,(H,23,26). The van der Waals surface area contributed by atoms with Crippen molar-refractivity contribution in [2.75, 3.05) is 6.54 Å². The van der Waals surface area contributed by atoms with Crippen LogP contribution in [0.2, 0.25) is 10.0 Å². The Bertz CT molecular complexity index is 836. The summed E-state index contributed by atoms with van der Waals surface area (Å²) in [7, 11) is 0. The molecule has 2 N–H and O–H groups in total. The van der Waals surface area contributed by atoms with Gasteiger partial charge >= 0.3 is 0 Å². The van der Waals surface area contributed by atoms with E-state index in [0.717, 1.165) is 29.7 Å². The van der Waals surface area contributed by atoms with E-state index < -0.39 is 0 Å². The molecule has 6 heteroatoms. The Hall–Kier alpha value is -2.04. The Balaban J connectivity index is 1.63. The molecule has 136 valence electrons. The van der Waals surface area contributed by atoms with Crippen LogP contribution in [0, 0.1) is 0 Å². The molecule has 0 saturated carbocycles. The summed E-state index contributed by atoms with van der Waals surface area (Å²) in [6.45, 7) is 2.58. The lowest BCUT2D eigenvalue weighted by Gasteiger charge is -2.13. The molecule has 0 spiro atoms. The van der Waals surface area contributed by atoms with Crippen LogP contribution in [-0.2, 0) is 6.42 Å². The number of amides is 1. The number of hydrogen-bond acceptors (Lipinski definition) is 3. The molecule has 0 bridgehead atoms. The maximum Gasteiger partial charge on any atom is 0.252 e. The smallest absolute Gasteiger partial charge is 0.252 e. The third-order valence-electron chi connectivity index (χ3n) is 4.50. The summed E-state index contributed by atoms with van der Waals surface area (Å²) in [5.74, 6) is -0.182. The molecule has 0 aromatic heterocycles. The van der Waals surface area contributed by atoms with Crippen LogP contribution in [0.25, 0.3) is 0 Å². The number of nitrogens with zero attached hydrogens (tertiary/aromatic N) is 1. The Morgan fingerprint density at radius 3 is 2.77 bits per heavy atom. The molecule has 1 atom stereocenters. The summed E-state index contributed by atoms with van der Waals surface area (Å²) in [4.78, 5) is 12.6. The van der Waals surface area contributed by atoms with E-state index in [4.69, 9.17) is 23.2 Å². The normalized spacial score (nSPS) is 16.1. The van der Waals surface area contributed by atoms with E-state index in [-0.39, 0.29) is 11.9 Å². The first-order valence-electron chi connectivity index (χ1n) is 8.70. The minimum atomic E-state index is -0.182. The molecule has 1 unspecified atom stereocenters. The first kappa shape index (κ1) is 18.7. The summed E-state index contributed by atoms with van der Waals surface area (Å²) in [5, 5.41) is 8.40. The van der Waals surface area contributed by atoms with Crippen molar-refractivity contribution >= 4 is 34.8 Å². The van der Waals surface area contributed by atoms with Gasteiger partial charge in [0, 0.05) is 23.7 Å². The largest absolute Gasteiger partial charge is 0.352 e. The lowest BCUT2D eigenvalue weighted by Crippen LogP contribution is -2.26. The SMILES string of the molecule is CCC1=NNC(c2ccc(Cl)c(C(=O)NCCc3ccccc3Cl)c2)C1. The van der Waals surface area contributed by atoms with E-state index in [0.29, 0.717) is 28.6 Å². The zero-order valence-corrected chi connectivity index (χ0v) is 16.1. The van der Waals surface area contributed by atoms with Crippen LogP contribution < -0.4 is 10.7 Å². The number of hydrogen-bond donors (Lipinski definition) is 2. The first-order chi connectivity index (χ1) is 12.6. The molecular formula is C20H21Cl2N3O. The average molecular weight is 390 g/mol. The van der Waals surface area contributed by atoms with Crippen LogP contribution >= 0.6 is 23.2 Å². The summed E-state index contributed by atoms with van der Waals surface area (Å²) in [6.07, 6.45) is 2.44. The highest BCUT2D eigenvalue weighted by molar-refractivity contribution is 6.33. The second-order valence-electron chi connectivity index (χ2n) is 6.25. The minimum Gasteiger partial charge on any atom is -0.352 e. The molecule has 26 heavy (non-hydrogen) atoms. The Morgan fingerprint density at radius 2 is 2.04 bits per heavy atom. The lowest BCUT2D eigenvalue weighted by atomic mass is 9.99. The van der Waals surface area contributed by atoms with Gasteiger partial charge in [-0.1, -0.05) is 54.4 Å². The summed E-state index contributed by atoms with van der Waals surface area (Å²) in [6, 6.07) is 13.3.